The molecule has 0 bridgehead atoms. The Bertz CT molecular complexity index is 1090. The first-order valence-corrected chi connectivity index (χ1v) is 8.13. The van der Waals surface area contributed by atoms with Crippen LogP contribution in [0.4, 0.5) is 5.69 Å². The minimum Gasteiger partial charge on any atom is -0.316 e. The molecule has 122 valence electrons. The summed E-state index contributed by atoms with van der Waals surface area (Å²) in [6.45, 7) is 0. The van der Waals surface area contributed by atoms with Gasteiger partial charge in [0.25, 0.3) is 5.69 Å². The van der Waals surface area contributed by atoms with Crippen molar-refractivity contribution in [3.05, 3.63) is 94.1 Å². The number of aromatic nitrogens is 1. The van der Waals surface area contributed by atoms with E-state index in [0.29, 0.717) is 10.6 Å². The molecule has 5 heteroatoms. The highest BCUT2D eigenvalue weighted by Gasteiger charge is 2.18. The lowest BCUT2D eigenvalue weighted by Gasteiger charge is -2.09. The minimum atomic E-state index is -0.365. The fourth-order valence-corrected chi connectivity index (χ4v) is 3.32. The van der Waals surface area contributed by atoms with Gasteiger partial charge in [-0.05, 0) is 42.0 Å². The number of hydrogen-bond donors (Lipinski definition) is 0. The molecule has 4 nitrogen and oxygen atoms in total. The summed E-state index contributed by atoms with van der Waals surface area (Å²) in [5, 5.41) is 12.9. The molecule has 3 aromatic carbocycles. The van der Waals surface area contributed by atoms with E-state index in [9.17, 15) is 10.1 Å². The second-order valence-electron chi connectivity index (χ2n) is 5.68. The van der Waals surface area contributed by atoms with Gasteiger partial charge in [-0.15, -0.1) is 0 Å². The van der Waals surface area contributed by atoms with Gasteiger partial charge in [-0.3, -0.25) is 10.1 Å². The summed E-state index contributed by atoms with van der Waals surface area (Å²) in [5.41, 5.74) is 3.30. The number of nitro groups is 1. The van der Waals surface area contributed by atoms with Crippen LogP contribution in [0.5, 0.6) is 0 Å². The summed E-state index contributed by atoms with van der Waals surface area (Å²) >= 11 is 6.34. The number of para-hydroxylation sites is 2. The molecule has 1 aromatic heterocycles. The van der Waals surface area contributed by atoms with Crippen LogP contribution in [-0.2, 0) is 0 Å². The second kappa shape index (κ2) is 6.07. The van der Waals surface area contributed by atoms with E-state index in [1.165, 1.54) is 6.07 Å². The van der Waals surface area contributed by atoms with E-state index in [2.05, 4.69) is 0 Å². The smallest absolute Gasteiger partial charge is 0.277 e. The summed E-state index contributed by atoms with van der Waals surface area (Å²) in [6.07, 6.45) is 1.95. The number of benzene rings is 3. The lowest BCUT2D eigenvalue weighted by Crippen LogP contribution is -1.93. The zero-order valence-electron chi connectivity index (χ0n) is 13.1. The second-order valence-corrected chi connectivity index (χ2v) is 6.12. The van der Waals surface area contributed by atoms with Crippen molar-refractivity contribution in [1.29, 1.82) is 0 Å². The molecule has 0 aliphatic carbocycles. The van der Waals surface area contributed by atoms with Gasteiger partial charge in [-0.1, -0.05) is 41.9 Å². The zero-order chi connectivity index (χ0) is 17.4. The molecule has 4 aromatic rings. The third kappa shape index (κ3) is 2.66. The number of rotatable bonds is 3. The van der Waals surface area contributed by atoms with Gasteiger partial charge in [0.2, 0.25) is 0 Å². The first-order valence-electron chi connectivity index (χ1n) is 7.75. The number of nitro benzene ring substituents is 1. The van der Waals surface area contributed by atoms with Gasteiger partial charge in [0.05, 0.1) is 16.0 Å². The van der Waals surface area contributed by atoms with Crippen LogP contribution in [0.15, 0.2) is 79.0 Å². The fraction of sp³-hybridized carbons (Fsp3) is 0. The zero-order valence-corrected chi connectivity index (χ0v) is 13.9. The standard InChI is InChI=1S/C20H13ClN2O2/c21-14-12-18(16-8-4-5-9-19(16)23(24)25)17-10-11-22(20(17)13-14)15-6-2-1-3-7-15/h1-13H. The lowest BCUT2D eigenvalue weighted by molar-refractivity contribution is -0.384. The Balaban J connectivity index is 2.02. The SMILES string of the molecule is O=[N+]([O-])c1ccccc1-c1cc(Cl)cc2c1ccn2-c1ccccc1. The van der Waals surface area contributed by atoms with Crippen LogP contribution in [-0.4, -0.2) is 9.49 Å². The van der Waals surface area contributed by atoms with E-state index in [-0.39, 0.29) is 10.6 Å². The van der Waals surface area contributed by atoms with Crippen molar-refractivity contribution in [1.82, 2.24) is 4.57 Å². The molecular weight excluding hydrogens is 336 g/mol. The Kier molecular flexibility index (Phi) is 3.75. The van der Waals surface area contributed by atoms with Crippen molar-refractivity contribution in [3.8, 4) is 16.8 Å². The van der Waals surface area contributed by atoms with Gasteiger partial charge >= 0.3 is 0 Å². The van der Waals surface area contributed by atoms with Gasteiger partial charge < -0.3 is 4.57 Å². The first-order chi connectivity index (χ1) is 12.1. The third-order valence-electron chi connectivity index (χ3n) is 4.20. The Morgan fingerprint density at radius 1 is 0.880 bits per heavy atom. The van der Waals surface area contributed by atoms with Crippen LogP contribution in [0.3, 0.4) is 0 Å². The maximum absolute atomic E-state index is 11.4. The highest BCUT2D eigenvalue weighted by Crippen LogP contribution is 2.38. The minimum absolute atomic E-state index is 0.0681. The van der Waals surface area contributed by atoms with E-state index in [1.54, 1.807) is 24.3 Å². The van der Waals surface area contributed by atoms with Crippen molar-refractivity contribution in [3.63, 3.8) is 0 Å². The van der Waals surface area contributed by atoms with Crippen LogP contribution in [0, 0.1) is 10.1 Å². The molecule has 0 radical (unpaired) electrons. The molecule has 0 fully saturated rings. The Hall–Kier alpha value is -3.11. The fourth-order valence-electron chi connectivity index (χ4n) is 3.10. The Labute approximate surface area is 149 Å². The molecule has 0 unspecified atom stereocenters. The van der Waals surface area contributed by atoms with Crippen molar-refractivity contribution < 1.29 is 4.92 Å². The molecular formula is C20H13ClN2O2. The largest absolute Gasteiger partial charge is 0.316 e. The normalized spacial score (nSPS) is 10.9. The van der Waals surface area contributed by atoms with Gasteiger partial charge in [-0.2, -0.15) is 0 Å². The van der Waals surface area contributed by atoms with Crippen molar-refractivity contribution in [2.24, 2.45) is 0 Å². The molecule has 0 saturated heterocycles. The van der Waals surface area contributed by atoms with Crippen LogP contribution in [0.25, 0.3) is 27.7 Å². The highest BCUT2D eigenvalue weighted by atomic mass is 35.5. The predicted molar refractivity (Wildman–Crippen MR) is 100 cm³/mol. The van der Waals surface area contributed by atoms with Crippen molar-refractivity contribution >= 4 is 28.2 Å². The summed E-state index contributed by atoms with van der Waals surface area (Å²) in [6, 6.07) is 22.2. The summed E-state index contributed by atoms with van der Waals surface area (Å²) < 4.78 is 2.03. The van der Waals surface area contributed by atoms with Gasteiger partial charge in [0.15, 0.2) is 0 Å². The van der Waals surface area contributed by atoms with E-state index in [0.717, 1.165) is 22.2 Å². The number of hydrogen-bond acceptors (Lipinski definition) is 2. The van der Waals surface area contributed by atoms with Crippen molar-refractivity contribution in [2.45, 2.75) is 0 Å². The molecule has 0 aliphatic heterocycles. The summed E-state index contributed by atoms with van der Waals surface area (Å²) in [5.74, 6) is 0. The summed E-state index contributed by atoms with van der Waals surface area (Å²) in [4.78, 5) is 11.0. The number of halogens is 1. The number of nitrogens with zero attached hydrogens (tertiary/aromatic N) is 2. The van der Waals surface area contributed by atoms with Gasteiger partial charge in [-0.25, -0.2) is 0 Å². The van der Waals surface area contributed by atoms with Crippen LogP contribution >= 0.6 is 11.6 Å². The van der Waals surface area contributed by atoms with Crippen LogP contribution in [0.2, 0.25) is 5.02 Å². The monoisotopic (exact) mass is 348 g/mol. The first kappa shape index (κ1) is 15.4. The molecule has 0 saturated carbocycles. The van der Waals surface area contributed by atoms with Crippen LogP contribution < -0.4 is 0 Å². The quantitative estimate of drug-likeness (QED) is 0.344. The number of fused-ring (bicyclic) bond motifs is 1. The van der Waals surface area contributed by atoms with Gasteiger partial charge in [0.1, 0.15) is 0 Å². The molecule has 1 heterocycles. The maximum Gasteiger partial charge on any atom is 0.277 e. The predicted octanol–water partition coefficient (Wildman–Crippen LogP) is 5.86. The van der Waals surface area contributed by atoms with E-state index in [4.69, 9.17) is 11.6 Å². The summed E-state index contributed by atoms with van der Waals surface area (Å²) in [7, 11) is 0. The molecule has 0 atom stereocenters. The van der Waals surface area contributed by atoms with E-state index < -0.39 is 0 Å². The molecule has 25 heavy (non-hydrogen) atoms. The third-order valence-corrected chi connectivity index (χ3v) is 4.42. The highest BCUT2D eigenvalue weighted by molar-refractivity contribution is 6.32. The van der Waals surface area contributed by atoms with Gasteiger partial charge in [0, 0.05) is 28.4 Å². The molecule has 4 rings (SSSR count). The Morgan fingerprint density at radius 2 is 1.60 bits per heavy atom. The molecule has 0 spiro atoms. The molecule has 0 amide bonds. The Morgan fingerprint density at radius 3 is 2.36 bits per heavy atom. The average Bonchev–Trinajstić information content (AvgIpc) is 3.05. The maximum atomic E-state index is 11.4. The molecule has 0 aliphatic rings. The van der Waals surface area contributed by atoms with E-state index in [1.807, 2.05) is 53.2 Å². The molecule has 0 N–H and O–H groups in total. The average molecular weight is 349 g/mol. The van der Waals surface area contributed by atoms with E-state index >= 15 is 0 Å². The topological polar surface area (TPSA) is 48.1 Å². The van der Waals surface area contributed by atoms with Crippen LogP contribution in [0.1, 0.15) is 0 Å². The van der Waals surface area contributed by atoms with Crippen molar-refractivity contribution in [2.75, 3.05) is 0 Å². The lowest BCUT2D eigenvalue weighted by atomic mass is 10.00.